The van der Waals surface area contributed by atoms with E-state index in [1.807, 2.05) is 18.2 Å². The molecule has 0 saturated carbocycles. The molecule has 0 unspecified atom stereocenters. The van der Waals surface area contributed by atoms with Crippen molar-refractivity contribution in [3.8, 4) is 0 Å². The highest BCUT2D eigenvalue weighted by Crippen LogP contribution is 2.21. The molecule has 0 fully saturated rings. The maximum Gasteiger partial charge on any atom is 0.132 e. The summed E-state index contributed by atoms with van der Waals surface area (Å²) in [5, 5.41) is 9.97. The summed E-state index contributed by atoms with van der Waals surface area (Å²) in [6.45, 7) is 0. The van der Waals surface area contributed by atoms with Gasteiger partial charge in [-0.25, -0.2) is 0 Å². The van der Waals surface area contributed by atoms with Crippen molar-refractivity contribution in [3.63, 3.8) is 0 Å². The van der Waals surface area contributed by atoms with E-state index in [0.29, 0.717) is 0 Å². The Balaban J connectivity index is 2.65. The van der Waals surface area contributed by atoms with Gasteiger partial charge in [0.05, 0.1) is 10.9 Å². The number of aromatic nitrogens is 2. The van der Waals surface area contributed by atoms with Gasteiger partial charge >= 0.3 is 0 Å². The lowest BCUT2D eigenvalue weighted by atomic mass is 10.2. The zero-order valence-electron chi connectivity index (χ0n) is 6.69. The van der Waals surface area contributed by atoms with Crippen LogP contribution in [0.2, 0.25) is 0 Å². The Morgan fingerprint density at radius 1 is 1.15 bits per heavy atom. The van der Waals surface area contributed by atoms with Gasteiger partial charge in [-0.1, -0.05) is 12.1 Å². The fourth-order valence-corrected chi connectivity index (χ4v) is 1.39. The molecule has 0 N–H and O–H groups in total. The molecular weight excluding hydrogens is 164 g/mol. The van der Waals surface area contributed by atoms with Crippen LogP contribution in [-0.2, 0) is 0 Å². The molecule has 2 aromatic heterocycles. The summed E-state index contributed by atoms with van der Waals surface area (Å²) in [6.07, 6.45) is 3.26. The molecular formula is C10H5N2O. The fraction of sp³-hybridized carbons (Fsp3) is 0. The first-order chi connectivity index (χ1) is 6.45. The Bertz CT molecular complexity index is 571. The zero-order valence-corrected chi connectivity index (χ0v) is 6.69. The summed E-state index contributed by atoms with van der Waals surface area (Å²) in [4.78, 5) is 0. The second-order valence-electron chi connectivity index (χ2n) is 2.80. The van der Waals surface area contributed by atoms with Crippen molar-refractivity contribution >= 4 is 21.8 Å². The molecule has 0 bridgehead atoms. The second kappa shape index (κ2) is 2.29. The smallest absolute Gasteiger partial charge is 0.132 e. The van der Waals surface area contributed by atoms with Gasteiger partial charge in [-0.3, -0.25) is 0 Å². The molecule has 3 heteroatoms. The van der Waals surface area contributed by atoms with Crippen LogP contribution >= 0.6 is 0 Å². The summed E-state index contributed by atoms with van der Waals surface area (Å²) >= 11 is 0. The molecule has 13 heavy (non-hydrogen) atoms. The van der Waals surface area contributed by atoms with Crippen molar-refractivity contribution in [2.45, 2.75) is 0 Å². The van der Waals surface area contributed by atoms with Crippen molar-refractivity contribution in [3.05, 3.63) is 36.8 Å². The molecule has 2 heterocycles. The van der Waals surface area contributed by atoms with Gasteiger partial charge in [-0.15, -0.1) is 10.2 Å². The molecule has 1 aromatic carbocycles. The number of rotatable bonds is 0. The number of fused-ring (bicyclic) bond motifs is 3. The highest BCUT2D eigenvalue weighted by molar-refractivity contribution is 6.02. The maximum atomic E-state index is 5.05. The lowest BCUT2D eigenvalue weighted by molar-refractivity contribution is 0.571. The summed E-state index contributed by atoms with van der Waals surface area (Å²) in [5.74, 6) is 0. The zero-order chi connectivity index (χ0) is 8.67. The third-order valence-electron chi connectivity index (χ3n) is 2.01. The maximum absolute atomic E-state index is 5.05. The summed E-state index contributed by atoms with van der Waals surface area (Å²) in [7, 11) is 0. The molecule has 0 saturated heterocycles. The molecule has 0 amide bonds. The van der Waals surface area contributed by atoms with Crippen LogP contribution in [0.1, 0.15) is 0 Å². The largest absolute Gasteiger partial charge is 0.470 e. The van der Waals surface area contributed by atoms with Gasteiger partial charge in [0, 0.05) is 5.39 Å². The molecule has 0 atom stereocenters. The molecule has 3 nitrogen and oxygen atoms in total. The van der Waals surface area contributed by atoms with Crippen LogP contribution in [-0.4, -0.2) is 10.2 Å². The Labute approximate surface area is 74.0 Å². The standard InChI is InChI=1S/C10H5N2O/c1-2-4-9-7(3-1)8-5-13-6-10(8)12-11-9/h1-2,4-6H. The van der Waals surface area contributed by atoms with Crippen LogP contribution in [0.15, 0.2) is 35.1 Å². The van der Waals surface area contributed by atoms with Crippen LogP contribution in [0.5, 0.6) is 0 Å². The number of furan rings is 1. The molecule has 0 aliphatic rings. The van der Waals surface area contributed by atoms with Crippen molar-refractivity contribution in [2.24, 2.45) is 0 Å². The Kier molecular flexibility index (Phi) is 1.16. The average Bonchev–Trinajstić information content (AvgIpc) is 2.65. The van der Waals surface area contributed by atoms with Crippen LogP contribution in [0.4, 0.5) is 0 Å². The lowest BCUT2D eigenvalue weighted by Gasteiger charge is -1.93. The number of benzene rings is 1. The van der Waals surface area contributed by atoms with Crippen LogP contribution in [0.25, 0.3) is 21.8 Å². The predicted octanol–water partition coefficient (Wildman–Crippen LogP) is 2.18. The lowest BCUT2D eigenvalue weighted by Crippen LogP contribution is -1.83. The van der Waals surface area contributed by atoms with E-state index in [9.17, 15) is 0 Å². The van der Waals surface area contributed by atoms with Crippen molar-refractivity contribution in [1.29, 1.82) is 0 Å². The highest BCUT2D eigenvalue weighted by Gasteiger charge is 2.03. The SMILES string of the molecule is [c]1cccc2nnc3cocc3c12. The first-order valence-electron chi connectivity index (χ1n) is 3.94. The van der Waals surface area contributed by atoms with Crippen molar-refractivity contribution in [2.75, 3.05) is 0 Å². The number of hydrogen-bond acceptors (Lipinski definition) is 3. The van der Waals surface area contributed by atoms with Crippen molar-refractivity contribution in [1.82, 2.24) is 10.2 Å². The third-order valence-corrected chi connectivity index (χ3v) is 2.01. The van der Waals surface area contributed by atoms with Crippen LogP contribution in [0.3, 0.4) is 0 Å². The van der Waals surface area contributed by atoms with E-state index in [4.69, 9.17) is 4.42 Å². The quantitative estimate of drug-likeness (QED) is 0.517. The topological polar surface area (TPSA) is 38.9 Å². The monoisotopic (exact) mass is 169 g/mol. The van der Waals surface area contributed by atoms with E-state index >= 15 is 0 Å². The average molecular weight is 169 g/mol. The minimum absolute atomic E-state index is 0.773. The Morgan fingerprint density at radius 3 is 3.08 bits per heavy atom. The van der Waals surface area contributed by atoms with Gasteiger partial charge in [0.2, 0.25) is 0 Å². The Morgan fingerprint density at radius 2 is 2.08 bits per heavy atom. The Hall–Kier alpha value is -1.90. The van der Waals surface area contributed by atoms with Gasteiger partial charge in [-0.2, -0.15) is 0 Å². The molecule has 0 spiro atoms. The van der Waals surface area contributed by atoms with Gasteiger partial charge in [0.25, 0.3) is 0 Å². The molecule has 0 aliphatic carbocycles. The van der Waals surface area contributed by atoms with E-state index in [2.05, 4.69) is 16.3 Å². The molecule has 3 rings (SSSR count). The van der Waals surface area contributed by atoms with Gasteiger partial charge in [-0.05, 0) is 12.1 Å². The molecule has 0 aliphatic heterocycles. The van der Waals surface area contributed by atoms with Crippen molar-refractivity contribution < 1.29 is 4.42 Å². The van der Waals surface area contributed by atoms with E-state index in [0.717, 1.165) is 21.8 Å². The third kappa shape index (κ3) is 0.839. The number of nitrogens with zero attached hydrogens (tertiary/aromatic N) is 2. The second-order valence-corrected chi connectivity index (χ2v) is 2.80. The summed E-state index contributed by atoms with van der Waals surface area (Å²) in [5.41, 5.74) is 1.62. The highest BCUT2D eigenvalue weighted by atomic mass is 16.3. The van der Waals surface area contributed by atoms with Gasteiger partial charge in [0.15, 0.2) is 0 Å². The van der Waals surface area contributed by atoms with Gasteiger partial charge < -0.3 is 4.42 Å². The van der Waals surface area contributed by atoms with E-state index in [1.54, 1.807) is 12.5 Å². The summed E-state index contributed by atoms with van der Waals surface area (Å²) in [6, 6.07) is 8.77. The van der Waals surface area contributed by atoms with Crippen LogP contribution < -0.4 is 0 Å². The first kappa shape index (κ1) is 6.60. The minimum atomic E-state index is 0.773. The van der Waals surface area contributed by atoms with E-state index in [-0.39, 0.29) is 0 Å². The number of hydrogen-bond donors (Lipinski definition) is 0. The molecule has 1 radical (unpaired) electrons. The fourth-order valence-electron chi connectivity index (χ4n) is 1.39. The minimum Gasteiger partial charge on any atom is -0.470 e. The summed E-state index contributed by atoms with van der Waals surface area (Å²) < 4.78 is 5.05. The molecule has 3 aromatic rings. The van der Waals surface area contributed by atoms with Crippen LogP contribution in [0, 0.1) is 6.07 Å². The predicted molar refractivity (Wildman–Crippen MR) is 48.1 cm³/mol. The normalized spacial score (nSPS) is 11.1. The van der Waals surface area contributed by atoms with Gasteiger partial charge in [0.1, 0.15) is 18.0 Å². The van der Waals surface area contributed by atoms with E-state index in [1.165, 1.54) is 0 Å². The molecule has 61 valence electrons. The van der Waals surface area contributed by atoms with E-state index < -0.39 is 0 Å². The first-order valence-corrected chi connectivity index (χ1v) is 3.94.